The number of fused-ring (bicyclic) bond motifs is 1. The van der Waals surface area contributed by atoms with Gasteiger partial charge in [0.05, 0.1) is 26.3 Å². The molecule has 4 aromatic rings. The fourth-order valence-corrected chi connectivity index (χ4v) is 4.30. The summed E-state index contributed by atoms with van der Waals surface area (Å²) >= 11 is 5.86. The summed E-state index contributed by atoms with van der Waals surface area (Å²) in [4.78, 5) is 18.0. The normalized spacial score (nSPS) is 10.7. The van der Waals surface area contributed by atoms with Gasteiger partial charge in [-0.05, 0) is 59.9 Å². The van der Waals surface area contributed by atoms with Crippen LogP contribution in [0, 0.1) is 0 Å². The quantitative estimate of drug-likeness (QED) is 0.320. The van der Waals surface area contributed by atoms with Crippen molar-refractivity contribution in [3.05, 3.63) is 99.8 Å². The molecule has 35 heavy (non-hydrogen) atoms. The third-order valence-corrected chi connectivity index (χ3v) is 6.33. The number of pyridine rings is 1. The van der Waals surface area contributed by atoms with Crippen molar-refractivity contribution in [3.8, 4) is 11.5 Å². The summed E-state index contributed by atoms with van der Waals surface area (Å²) in [6.07, 6.45) is 0.881. The number of nitrogens with zero attached hydrogens (tertiary/aromatic N) is 1. The molecule has 0 saturated carbocycles. The largest absolute Gasteiger partial charge is 0.497 e. The maximum absolute atomic E-state index is 13.0. The van der Waals surface area contributed by atoms with Crippen LogP contribution in [0.1, 0.15) is 23.6 Å². The Morgan fingerprint density at radius 3 is 2.37 bits per heavy atom. The molecule has 0 amide bonds. The number of nitrogens with one attached hydrogen (secondary N) is 2. The molecule has 0 saturated heterocycles. The number of thiocarbonyl (C=S) groups is 1. The average Bonchev–Trinajstić information content (AvgIpc) is 2.88. The van der Waals surface area contributed by atoms with E-state index in [1.54, 1.807) is 14.2 Å². The average molecular weight is 488 g/mol. The Morgan fingerprint density at radius 2 is 1.63 bits per heavy atom. The van der Waals surface area contributed by atoms with Crippen molar-refractivity contribution in [1.82, 2.24) is 9.88 Å². The molecule has 0 fully saturated rings. The number of methoxy groups -OCH3 is 2. The molecule has 0 bridgehead atoms. The van der Waals surface area contributed by atoms with E-state index in [4.69, 9.17) is 21.7 Å². The number of para-hydroxylation sites is 2. The number of aryl methyl sites for hydroxylation is 1. The first-order chi connectivity index (χ1) is 17.0. The van der Waals surface area contributed by atoms with Crippen LogP contribution in [-0.4, -0.2) is 29.2 Å². The van der Waals surface area contributed by atoms with E-state index in [-0.39, 0.29) is 5.56 Å². The number of benzene rings is 3. The van der Waals surface area contributed by atoms with Gasteiger partial charge in [0.2, 0.25) is 0 Å². The summed E-state index contributed by atoms with van der Waals surface area (Å²) < 4.78 is 10.8. The third-order valence-electron chi connectivity index (χ3n) is 5.97. The van der Waals surface area contributed by atoms with Gasteiger partial charge >= 0.3 is 0 Å². The van der Waals surface area contributed by atoms with Crippen molar-refractivity contribution in [1.29, 1.82) is 0 Å². The van der Waals surface area contributed by atoms with E-state index in [2.05, 4.69) is 23.3 Å². The van der Waals surface area contributed by atoms with Gasteiger partial charge in [0.15, 0.2) is 5.11 Å². The van der Waals surface area contributed by atoms with Gasteiger partial charge in [-0.2, -0.15) is 0 Å². The first kappa shape index (κ1) is 24.3. The van der Waals surface area contributed by atoms with Crippen molar-refractivity contribution in [2.45, 2.75) is 26.4 Å². The predicted molar refractivity (Wildman–Crippen MR) is 145 cm³/mol. The van der Waals surface area contributed by atoms with E-state index >= 15 is 0 Å². The van der Waals surface area contributed by atoms with Crippen LogP contribution in [-0.2, 0) is 19.5 Å². The molecule has 7 heteroatoms. The molecule has 0 unspecified atom stereocenters. The van der Waals surface area contributed by atoms with Crippen LogP contribution in [0.25, 0.3) is 10.9 Å². The number of anilines is 1. The highest BCUT2D eigenvalue weighted by molar-refractivity contribution is 7.80. The highest BCUT2D eigenvalue weighted by Crippen LogP contribution is 2.23. The van der Waals surface area contributed by atoms with E-state index in [9.17, 15) is 4.79 Å². The molecular formula is C28H29N3O3S. The Kier molecular flexibility index (Phi) is 7.67. The van der Waals surface area contributed by atoms with E-state index in [0.29, 0.717) is 29.5 Å². The van der Waals surface area contributed by atoms with Crippen molar-refractivity contribution in [3.63, 3.8) is 0 Å². The molecular weight excluding hydrogens is 458 g/mol. The van der Waals surface area contributed by atoms with Gasteiger partial charge in [-0.15, -0.1) is 0 Å². The molecule has 180 valence electrons. The van der Waals surface area contributed by atoms with Crippen LogP contribution >= 0.6 is 12.2 Å². The van der Waals surface area contributed by atoms with E-state index < -0.39 is 0 Å². The van der Waals surface area contributed by atoms with Crippen molar-refractivity contribution in [2.24, 2.45) is 0 Å². The van der Waals surface area contributed by atoms with E-state index in [1.807, 2.05) is 71.6 Å². The van der Waals surface area contributed by atoms with Crippen molar-refractivity contribution in [2.75, 3.05) is 19.5 Å². The molecule has 2 N–H and O–H groups in total. The highest BCUT2D eigenvalue weighted by atomic mass is 32.1. The lowest BCUT2D eigenvalue weighted by Crippen LogP contribution is -2.35. The van der Waals surface area contributed by atoms with Crippen LogP contribution < -0.4 is 20.3 Å². The van der Waals surface area contributed by atoms with Gasteiger partial charge in [-0.1, -0.05) is 43.3 Å². The summed E-state index contributed by atoms with van der Waals surface area (Å²) in [5, 5.41) is 4.86. The number of aromatic amines is 1. The first-order valence-electron chi connectivity index (χ1n) is 11.5. The number of rotatable bonds is 8. The number of aromatic nitrogens is 1. The zero-order valence-electron chi connectivity index (χ0n) is 20.1. The Morgan fingerprint density at radius 1 is 0.914 bits per heavy atom. The number of ether oxygens (including phenoxy) is 2. The SMILES string of the molecule is CCc1ccccc1NC(=S)N(Cc1ccccc1OC)Cc1cc2ccc(OC)cc2[nH]c1=O. The topological polar surface area (TPSA) is 66.6 Å². The van der Waals surface area contributed by atoms with Gasteiger partial charge in [-0.25, -0.2) is 0 Å². The van der Waals surface area contributed by atoms with Crippen LogP contribution in [0.15, 0.2) is 77.6 Å². The smallest absolute Gasteiger partial charge is 0.253 e. The second-order valence-electron chi connectivity index (χ2n) is 8.19. The molecule has 6 nitrogen and oxygen atoms in total. The fraction of sp³-hybridized carbons (Fsp3) is 0.214. The van der Waals surface area contributed by atoms with Crippen LogP contribution in [0.3, 0.4) is 0 Å². The van der Waals surface area contributed by atoms with Gasteiger partial charge < -0.3 is 24.7 Å². The molecule has 0 aliphatic carbocycles. The molecule has 0 radical (unpaired) electrons. The Hall–Kier alpha value is -3.84. The lowest BCUT2D eigenvalue weighted by atomic mass is 10.1. The second-order valence-corrected chi connectivity index (χ2v) is 8.57. The Labute approximate surface area is 210 Å². The lowest BCUT2D eigenvalue weighted by Gasteiger charge is -2.27. The molecule has 0 atom stereocenters. The van der Waals surface area contributed by atoms with Crippen molar-refractivity contribution >= 4 is 33.9 Å². The van der Waals surface area contributed by atoms with Crippen LogP contribution in [0.4, 0.5) is 5.69 Å². The minimum atomic E-state index is -0.160. The molecule has 1 aromatic heterocycles. The summed E-state index contributed by atoms with van der Waals surface area (Å²) in [6.45, 7) is 2.92. The Balaban J connectivity index is 1.69. The van der Waals surface area contributed by atoms with Gasteiger partial charge in [0.1, 0.15) is 11.5 Å². The third kappa shape index (κ3) is 5.63. The monoisotopic (exact) mass is 487 g/mol. The zero-order valence-corrected chi connectivity index (χ0v) is 20.9. The molecule has 4 rings (SSSR count). The molecule has 0 aliphatic heterocycles. The summed E-state index contributed by atoms with van der Waals surface area (Å²) in [5.74, 6) is 1.47. The van der Waals surface area contributed by atoms with Gasteiger partial charge in [0.25, 0.3) is 5.56 Å². The van der Waals surface area contributed by atoms with Gasteiger partial charge in [0, 0.05) is 29.4 Å². The van der Waals surface area contributed by atoms with E-state index in [0.717, 1.165) is 34.3 Å². The first-order valence-corrected chi connectivity index (χ1v) is 11.9. The summed E-state index contributed by atoms with van der Waals surface area (Å²) in [6, 6.07) is 23.5. The van der Waals surface area contributed by atoms with Crippen LogP contribution in [0.2, 0.25) is 0 Å². The summed E-state index contributed by atoms with van der Waals surface area (Å²) in [5.41, 5.74) is 4.30. The van der Waals surface area contributed by atoms with Crippen molar-refractivity contribution < 1.29 is 9.47 Å². The fourth-order valence-electron chi connectivity index (χ4n) is 4.06. The standard InChI is InChI=1S/C28H29N3O3S/c1-4-19-9-5-7-11-24(19)30-28(35)31(17-21-10-6-8-12-26(21)34-3)18-22-15-20-13-14-23(33-2)16-25(20)29-27(22)32/h5-16H,4,17-18H2,1-3H3,(H,29,32)(H,30,35). The second kappa shape index (κ2) is 11.1. The highest BCUT2D eigenvalue weighted by Gasteiger charge is 2.17. The molecule has 0 aliphatic rings. The molecule has 0 spiro atoms. The maximum atomic E-state index is 13.0. The summed E-state index contributed by atoms with van der Waals surface area (Å²) in [7, 11) is 3.26. The number of hydrogen-bond donors (Lipinski definition) is 2. The lowest BCUT2D eigenvalue weighted by molar-refractivity contribution is 0.377. The minimum Gasteiger partial charge on any atom is -0.497 e. The predicted octanol–water partition coefficient (Wildman–Crippen LogP) is 5.51. The van der Waals surface area contributed by atoms with Crippen LogP contribution in [0.5, 0.6) is 11.5 Å². The Bertz CT molecular complexity index is 1400. The zero-order chi connectivity index (χ0) is 24.8. The molecule has 3 aromatic carbocycles. The van der Waals surface area contributed by atoms with Gasteiger partial charge in [-0.3, -0.25) is 4.79 Å². The van der Waals surface area contributed by atoms with E-state index in [1.165, 1.54) is 5.56 Å². The minimum absolute atomic E-state index is 0.160. The number of H-pyrrole nitrogens is 1. The number of hydrogen-bond acceptors (Lipinski definition) is 4. The molecule has 1 heterocycles. The maximum Gasteiger partial charge on any atom is 0.253 e.